The van der Waals surface area contributed by atoms with E-state index in [1.807, 2.05) is 0 Å². The van der Waals surface area contributed by atoms with Crippen LogP contribution < -0.4 is 9.73 Å². The molecule has 0 radical (unpaired) electrons. The number of hydrazine groups is 1. The number of carbonyl (C=O) groups is 1. The molecule has 0 fully saturated rings. The molecule has 0 saturated heterocycles. The fourth-order valence-electron chi connectivity index (χ4n) is 2.03. The van der Waals surface area contributed by atoms with Crippen LogP contribution in [-0.4, -0.2) is 40.5 Å². The lowest BCUT2D eigenvalue weighted by atomic mass is 10.2. The predicted octanol–water partition coefficient (Wildman–Crippen LogP) is 2.37. The van der Waals surface area contributed by atoms with E-state index in [4.69, 9.17) is 11.6 Å². The highest BCUT2D eigenvalue weighted by atomic mass is 35.5. The van der Waals surface area contributed by atoms with Gasteiger partial charge in [-0.3, -0.25) is 14.5 Å². The molecule has 2 aromatic carbocycles. The third-order valence-electron chi connectivity index (χ3n) is 3.25. The highest BCUT2D eigenvalue weighted by Crippen LogP contribution is 2.25. The maximum Gasteiger partial charge on any atom is 0.265 e. The molecule has 0 saturated carbocycles. The summed E-state index contributed by atoms with van der Waals surface area (Å²) in [4.78, 5) is 12.1. The summed E-state index contributed by atoms with van der Waals surface area (Å²) in [6, 6.07) is 12.4. The molecule has 2 aromatic rings. The van der Waals surface area contributed by atoms with Crippen LogP contribution in [0, 0.1) is 0 Å². The molecular formula is C16H18ClN3O3S. The summed E-state index contributed by atoms with van der Waals surface area (Å²) in [5, 5.41) is 1.93. The number of benzene rings is 2. The highest BCUT2D eigenvalue weighted by Gasteiger charge is 2.22. The number of halogens is 1. The molecule has 0 unspecified atom stereocenters. The fraction of sp³-hybridized carbons (Fsp3) is 0.188. The van der Waals surface area contributed by atoms with Crippen molar-refractivity contribution in [3.8, 4) is 0 Å². The van der Waals surface area contributed by atoms with Gasteiger partial charge in [-0.25, -0.2) is 13.4 Å². The molecule has 8 heteroatoms. The Morgan fingerprint density at radius 2 is 1.71 bits per heavy atom. The van der Waals surface area contributed by atoms with Crippen molar-refractivity contribution in [2.75, 3.05) is 25.4 Å². The van der Waals surface area contributed by atoms with Crippen molar-refractivity contribution >= 4 is 33.2 Å². The topological polar surface area (TPSA) is 69.7 Å². The van der Waals surface area contributed by atoms with Crippen LogP contribution in [0.5, 0.6) is 0 Å². The zero-order chi connectivity index (χ0) is 17.9. The number of rotatable bonds is 5. The number of nitrogens with one attached hydrogen (secondary N) is 1. The number of amides is 1. The Labute approximate surface area is 146 Å². The molecule has 0 aromatic heterocycles. The molecule has 6 nitrogen and oxygen atoms in total. The van der Waals surface area contributed by atoms with Crippen molar-refractivity contribution in [1.82, 2.24) is 10.4 Å². The first-order valence-electron chi connectivity index (χ1n) is 7.04. The molecule has 24 heavy (non-hydrogen) atoms. The van der Waals surface area contributed by atoms with Crippen LogP contribution in [0.4, 0.5) is 5.69 Å². The second-order valence-corrected chi connectivity index (χ2v) is 7.72. The average molecular weight is 368 g/mol. The van der Waals surface area contributed by atoms with Crippen molar-refractivity contribution in [1.29, 1.82) is 0 Å². The first-order chi connectivity index (χ1) is 11.2. The van der Waals surface area contributed by atoms with Crippen LogP contribution in [0.25, 0.3) is 0 Å². The lowest BCUT2D eigenvalue weighted by Crippen LogP contribution is -2.36. The van der Waals surface area contributed by atoms with E-state index in [0.29, 0.717) is 10.7 Å². The standard InChI is InChI=1S/C16H18ClN3O3S/c1-19(2)18-16(21)12-6-4-9-15(10-12)24(22,23)20(3)14-8-5-7-13(17)11-14/h4-11H,1-3H3,(H,18,21). The van der Waals surface area contributed by atoms with Gasteiger partial charge in [-0.05, 0) is 36.4 Å². The van der Waals surface area contributed by atoms with Crippen molar-refractivity contribution in [3.05, 3.63) is 59.1 Å². The van der Waals surface area contributed by atoms with E-state index in [9.17, 15) is 13.2 Å². The van der Waals surface area contributed by atoms with Crippen molar-refractivity contribution in [2.45, 2.75) is 4.90 Å². The van der Waals surface area contributed by atoms with Crippen LogP contribution >= 0.6 is 11.6 Å². The maximum absolute atomic E-state index is 12.8. The molecule has 0 aliphatic rings. The van der Waals surface area contributed by atoms with Crippen molar-refractivity contribution in [2.24, 2.45) is 0 Å². The number of sulfonamides is 1. The lowest BCUT2D eigenvalue weighted by molar-refractivity contribution is 0.0856. The number of anilines is 1. The first-order valence-corrected chi connectivity index (χ1v) is 8.86. The number of hydrogen-bond donors (Lipinski definition) is 1. The molecule has 0 heterocycles. The highest BCUT2D eigenvalue weighted by molar-refractivity contribution is 7.92. The van der Waals surface area contributed by atoms with Crippen molar-refractivity contribution in [3.63, 3.8) is 0 Å². The van der Waals surface area contributed by atoms with Crippen LogP contribution in [-0.2, 0) is 10.0 Å². The van der Waals surface area contributed by atoms with Gasteiger partial charge in [-0.1, -0.05) is 23.7 Å². The fourth-order valence-corrected chi connectivity index (χ4v) is 3.45. The summed E-state index contributed by atoms with van der Waals surface area (Å²) in [6.45, 7) is 0. The molecule has 1 amide bonds. The summed E-state index contributed by atoms with van der Waals surface area (Å²) >= 11 is 5.92. The smallest absolute Gasteiger partial charge is 0.265 e. The number of carbonyl (C=O) groups excluding carboxylic acids is 1. The van der Waals surface area contributed by atoms with Gasteiger partial charge < -0.3 is 0 Å². The van der Waals surface area contributed by atoms with Crippen LogP contribution in [0.3, 0.4) is 0 Å². The zero-order valence-corrected chi connectivity index (χ0v) is 15.1. The van der Waals surface area contributed by atoms with Gasteiger partial charge in [0, 0.05) is 31.7 Å². The molecule has 0 aliphatic carbocycles. The largest absolute Gasteiger partial charge is 0.285 e. The van der Waals surface area contributed by atoms with Crippen LogP contribution in [0.2, 0.25) is 5.02 Å². The van der Waals surface area contributed by atoms with Gasteiger partial charge in [0.2, 0.25) is 0 Å². The summed E-state index contributed by atoms with van der Waals surface area (Å²) in [6.07, 6.45) is 0. The van der Waals surface area contributed by atoms with Gasteiger partial charge in [0.05, 0.1) is 10.6 Å². The SMILES string of the molecule is CN(C)NC(=O)c1cccc(S(=O)(=O)N(C)c2cccc(Cl)c2)c1. The summed E-state index contributed by atoms with van der Waals surface area (Å²) in [5.41, 5.74) is 3.26. The normalized spacial score (nSPS) is 11.4. The van der Waals surface area contributed by atoms with Crippen LogP contribution in [0.1, 0.15) is 10.4 Å². The third-order valence-corrected chi connectivity index (χ3v) is 5.27. The monoisotopic (exact) mass is 367 g/mol. The molecule has 128 valence electrons. The van der Waals surface area contributed by atoms with E-state index in [2.05, 4.69) is 5.43 Å². The van der Waals surface area contributed by atoms with E-state index in [0.717, 1.165) is 4.31 Å². The first kappa shape index (κ1) is 18.3. The Hall–Kier alpha value is -2.09. The maximum atomic E-state index is 12.8. The molecular weight excluding hydrogens is 350 g/mol. The van der Waals surface area contributed by atoms with E-state index < -0.39 is 10.0 Å². The van der Waals surface area contributed by atoms with Gasteiger partial charge in [-0.2, -0.15) is 0 Å². The summed E-state index contributed by atoms with van der Waals surface area (Å²) < 4.78 is 26.7. The van der Waals surface area contributed by atoms with E-state index in [1.54, 1.807) is 44.4 Å². The average Bonchev–Trinajstić information content (AvgIpc) is 2.53. The number of nitrogens with zero attached hydrogens (tertiary/aromatic N) is 2. The minimum Gasteiger partial charge on any atom is -0.285 e. The Morgan fingerprint density at radius 1 is 1.04 bits per heavy atom. The lowest BCUT2D eigenvalue weighted by Gasteiger charge is -2.20. The van der Waals surface area contributed by atoms with Crippen LogP contribution in [0.15, 0.2) is 53.4 Å². The number of hydrogen-bond acceptors (Lipinski definition) is 4. The Balaban J connectivity index is 2.37. The molecule has 2 rings (SSSR count). The van der Waals surface area contributed by atoms with E-state index in [-0.39, 0.29) is 16.4 Å². The molecule has 0 spiro atoms. The van der Waals surface area contributed by atoms with Gasteiger partial charge in [-0.15, -0.1) is 0 Å². The second-order valence-electron chi connectivity index (χ2n) is 5.32. The van der Waals surface area contributed by atoms with Gasteiger partial charge in [0.15, 0.2) is 0 Å². The zero-order valence-electron chi connectivity index (χ0n) is 13.5. The second kappa shape index (κ2) is 7.21. The Bertz CT molecular complexity index is 853. The summed E-state index contributed by atoms with van der Waals surface area (Å²) in [7, 11) is 0.970. The van der Waals surface area contributed by atoms with E-state index >= 15 is 0 Å². The van der Waals surface area contributed by atoms with Crippen molar-refractivity contribution < 1.29 is 13.2 Å². The molecule has 0 atom stereocenters. The molecule has 0 bridgehead atoms. The predicted molar refractivity (Wildman–Crippen MR) is 94.6 cm³/mol. The van der Waals surface area contributed by atoms with Gasteiger partial charge in [0.25, 0.3) is 15.9 Å². The van der Waals surface area contributed by atoms with Gasteiger partial charge in [0.1, 0.15) is 0 Å². The third kappa shape index (κ3) is 4.05. The van der Waals surface area contributed by atoms with Gasteiger partial charge >= 0.3 is 0 Å². The van der Waals surface area contributed by atoms with E-state index in [1.165, 1.54) is 30.3 Å². The Kier molecular flexibility index (Phi) is 5.48. The Morgan fingerprint density at radius 3 is 2.33 bits per heavy atom. The quantitative estimate of drug-likeness (QED) is 0.824. The molecule has 1 N–H and O–H groups in total. The summed E-state index contributed by atoms with van der Waals surface area (Å²) in [5.74, 6) is -0.387. The minimum atomic E-state index is -3.81. The molecule has 0 aliphatic heterocycles. The minimum absolute atomic E-state index is 0.0244.